The van der Waals surface area contributed by atoms with Gasteiger partial charge >= 0.3 is 0 Å². The summed E-state index contributed by atoms with van der Waals surface area (Å²) >= 11 is 0. The van der Waals surface area contributed by atoms with E-state index in [9.17, 15) is 0 Å². The van der Waals surface area contributed by atoms with Crippen LogP contribution in [0.15, 0.2) is 18.3 Å². The second kappa shape index (κ2) is 3.12. The van der Waals surface area contributed by atoms with Crippen LogP contribution in [0.3, 0.4) is 0 Å². The third kappa shape index (κ3) is 1.47. The average Bonchev–Trinajstić information content (AvgIpc) is 2.58. The van der Waals surface area contributed by atoms with Crippen molar-refractivity contribution in [3.05, 3.63) is 24.5 Å². The normalized spacial score (nSPS) is 20.4. The molecule has 1 aromatic heterocycles. The average molecular weight is 148 g/mol. The van der Waals surface area contributed by atoms with Gasteiger partial charge in [-0.1, -0.05) is 19.3 Å². The van der Waals surface area contributed by atoms with Crippen LogP contribution >= 0.6 is 0 Å². The van der Waals surface area contributed by atoms with Crippen molar-refractivity contribution in [1.82, 2.24) is 4.57 Å². The smallest absolute Gasteiger partial charge is 0.0650 e. The van der Waals surface area contributed by atoms with Gasteiger partial charge in [0, 0.05) is 12.2 Å². The van der Waals surface area contributed by atoms with E-state index in [0.717, 1.165) is 6.04 Å². The molecule has 1 fully saturated rings. The van der Waals surface area contributed by atoms with Crippen LogP contribution in [0.1, 0.15) is 38.1 Å². The monoisotopic (exact) mass is 148 g/mol. The van der Waals surface area contributed by atoms with Crippen LogP contribution in [0.25, 0.3) is 0 Å². The molecule has 0 N–H and O–H groups in total. The Hall–Kier alpha value is -0.720. The van der Waals surface area contributed by atoms with Gasteiger partial charge in [0.2, 0.25) is 0 Å². The number of rotatable bonds is 1. The molecule has 1 radical (unpaired) electrons. The summed E-state index contributed by atoms with van der Waals surface area (Å²) in [5.41, 5.74) is 0. The van der Waals surface area contributed by atoms with Crippen LogP contribution in [0.4, 0.5) is 0 Å². The molecule has 0 aromatic carbocycles. The van der Waals surface area contributed by atoms with Gasteiger partial charge in [0.1, 0.15) is 0 Å². The molecule has 0 amide bonds. The largest absolute Gasteiger partial charge is 0.343 e. The zero-order valence-corrected chi connectivity index (χ0v) is 6.79. The standard InChI is InChI=1S/C10H14N/c1-2-6-10(7-3-1)11-8-4-5-9-11/h4-5,8,10H,1-3,6-7H2. The fourth-order valence-electron chi connectivity index (χ4n) is 1.89. The number of hydrogen-bond acceptors (Lipinski definition) is 0. The van der Waals surface area contributed by atoms with E-state index in [4.69, 9.17) is 0 Å². The van der Waals surface area contributed by atoms with Crippen LogP contribution in [-0.2, 0) is 0 Å². The van der Waals surface area contributed by atoms with Crippen molar-refractivity contribution in [3.63, 3.8) is 0 Å². The first kappa shape index (κ1) is 6.96. The van der Waals surface area contributed by atoms with Crippen LogP contribution < -0.4 is 0 Å². The molecule has 1 heterocycles. The Morgan fingerprint density at radius 2 is 2.00 bits per heavy atom. The predicted molar refractivity (Wildman–Crippen MR) is 45.4 cm³/mol. The Labute approximate surface area is 68.0 Å². The van der Waals surface area contributed by atoms with Crippen molar-refractivity contribution in [3.8, 4) is 0 Å². The molecule has 11 heavy (non-hydrogen) atoms. The van der Waals surface area contributed by atoms with Crippen molar-refractivity contribution >= 4 is 0 Å². The molecule has 1 aromatic rings. The third-order valence-electron chi connectivity index (χ3n) is 2.53. The molecule has 1 saturated carbocycles. The van der Waals surface area contributed by atoms with Crippen molar-refractivity contribution in [1.29, 1.82) is 0 Å². The van der Waals surface area contributed by atoms with Crippen molar-refractivity contribution in [2.45, 2.75) is 38.1 Å². The summed E-state index contributed by atoms with van der Waals surface area (Å²) in [6.07, 6.45) is 12.3. The Balaban J connectivity index is 2.04. The van der Waals surface area contributed by atoms with E-state index in [1.165, 1.54) is 32.1 Å². The minimum atomic E-state index is 0.749. The molecule has 0 unspecified atom stereocenters. The molecule has 1 nitrogen and oxygen atoms in total. The first-order valence-corrected chi connectivity index (χ1v) is 4.51. The molecule has 1 aliphatic rings. The topological polar surface area (TPSA) is 4.93 Å². The van der Waals surface area contributed by atoms with Crippen LogP contribution in [0, 0.1) is 6.20 Å². The van der Waals surface area contributed by atoms with E-state index in [-0.39, 0.29) is 0 Å². The summed E-state index contributed by atoms with van der Waals surface area (Å²) in [5, 5.41) is 0. The molecule has 0 spiro atoms. The molecule has 59 valence electrons. The van der Waals surface area contributed by atoms with Gasteiger partial charge < -0.3 is 4.57 Å². The van der Waals surface area contributed by atoms with Crippen molar-refractivity contribution < 1.29 is 0 Å². The second-order valence-corrected chi connectivity index (χ2v) is 3.34. The van der Waals surface area contributed by atoms with Crippen molar-refractivity contribution in [2.24, 2.45) is 0 Å². The lowest BCUT2D eigenvalue weighted by Crippen LogP contribution is -2.10. The molecule has 0 saturated heterocycles. The zero-order chi connectivity index (χ0) is 7.52. The van der Waals surface area contributed by atoms with Crippen LogP contribution in [0.5, 0.6) is 0 Å². The molecular weight excluding hydrogens is 134 g/mol. The van der Waals surface area contributed by atoms with Gasteiger partial charge in [-0.25, -0.2) is 0 Å². The molecule has 0 atom stereocenters. The SMILES string of the molecule is [c]1cccn1C1CCCCC1. The Morgan fingerprint density at radius 3 is 2.64 bits per heavy atom. The highest BCUT2D eigenvalue weighted by molar-refractivity contribution is 4.91. The van der Waals surface area contributed by atoms with E-state index in [2.05, 4.69) is 23.0 Å². The van der Waals surface area contributed by atoms with Gasteiger partial charge in [-0.15, -0.1) is 0 Å². The molecule has 1 heteroatoms. The lowest BCUT2D eigenvalue weighted by molar-refractivity contribution is 0.353. The van der Waals surface area contributed by atoms with Crippen LogP contribution in [0.2, 0.25) is 0 Å². The second-order valence-electron chi connectivity index (χ2n) is 3.34. The zero-order valence-electron chi connectivity index (χ0n) is 6.79. The highest BCUT2D eigenvalue weighted by Gasteiger charge is 2.13. The predicted octanol–water partition coefficient (Wildman–Crippen LogP) is 2.79. The fourth-order valence-corrected chi connectivity index (χ4v) is 1.89. The minimum Gasteiger partial charge on any atom is -0.343 e. The summed E-state index contributed by atoms with van der Waals surface area (Å²) in [4.78, 5) is 0. The maximum absolute atomic E-state index is 3.22. The highest BCUT2D eigenvalue weighted by atomic mass is 15.0. The summed E-state index contributed by atoms with van der Waals surface area (Å²) in [6.45, 7) is 0. The summed E-state index contributed by atoms with van der Waals surface area (Å²) < 4.78 is 2.24. The molecule has 0 aliphatic heterocycles. The molecule has 2 rings (SSSR count). The summed E-state index contributed by atoms with van der Waals surface area (Å²) in [6, 6.07) is 4.81. The van der Waals surface area contributed by atoms with Gasteiger partial charge in [0.05, 0.1) is 6.20 Å². The van der Waals surface area contributed by atoms with Gasteiger partial charge in [-0.3, -0.25) is 0 Å². The Morgan fingerprint density at radius 1 is 1.18 bits per heavy atom. The van der Waals surface area contributed by atoms with E-state index in [1.807, 2.05) is 6.07 Å². The maximum Gasteiger partial charge on any atom is 0.0650 e. The van der Waals surface area contributed by atoms with Gasteiger partial charge in [-0.05, 0) is 25.0 Å². The minimum absolute atomic E-state index is 0.749. The van der Waals surface area contributed by atoms with Gasteiger partial charge in [-0.2, -0.15) is 0 Å². The van der Waals surface area contributed by atoms with E-state index < -0.39 is 0 Å². The first-order valence-electron chi connectivity index (χ1n) is 4.51. The molecular formula is C10H14N. The van der Waals surface area contributed by atoms with Crippen LogP contribution in [-0.4, -0.2) is 4.57 Å². The summed E-state index contributed by atoms with van der Waals surface area (Å²) in [7, 11) is 0. The number of hydrogen-bond donors (Lipinski definition) is 0. The lowest BCUT2D eigenvalue weighted by Gasteiger charge is -2.22. The fraction of sp³-hybridized carbons (Fsp3) is 0.600. The number of nitrogens with zero attached hydrogens (tertiary/aromatic N) is 1. The van der Waals surface area contributed by atoms with Crippen molar-refractivity contribution in [2.75, 3.05) is 0 Å². The lowest BCUT2D eigenvalue weighted by atomic mass is 9.95. The van der Waals surface area contributed by atoms with Gasteiger partial charge in [0.25, 0.3) is 0 Å². The van der Waals surface area contributed by atoms with Gasteiger partial charge in [0.15, 0.2) is 0 Å². The quantitative estimate of drug-likeness (QED) is 0.577. The maximum atomic E-state index is 3.22. The molecule has 1 aliphatic carbocycles. The Bertz CT molecular complexity index is 195. The van der Waals surface area contributed by atoms with E-state index >= 15 is 0 Å². The third-order valence-corrected chi connectivity index (χ3v) is 2.53. The molecule has 0 bridgehead atoms. The summed E-state index contributed by atoms with van der Waals surface area (Å²) in [5.74, 6) is 0. The number of aromatic nitrogens is 1. The highest BCUT2D eigenvalue weighted by Crippen LogP contribution is 2.27. The van der Waals surface area contributed by atoms with E-state index in [1.54, 1.807) is 0 Å². The Kier molecular flexibility index (Phi) is 1.97. The first-order chi connectivity index (χ1) is 5.47. The van der Waals surface area contributed by atoms with E-state index in [0.29, 0.717) is 0 Å².